The van der Waals surface area contributed by atoms with E-state index in [1.54, 1.807) is 12.4 Å². The standard InChI is InChI=1S/C14H24ClN3/c1-4-7-18(11-14(2,3)10-16)9-12-5-6-17-8-13(12)15/h5-6,8H,4,7,9-11,16H2,1-3H3. The van der Waals surface area contributed by atoms with Gasteiger partial charge in [0, 0.05) is 25.5 Å². The zero-order valence-electron chi connectivity index (χ0n) is 11.6. The van der Waals surface area contributed by atoms with Gasteiger partial charge in [-0.2, -0.15) is 0 Å². The number of nitrogens with zero attached hydrogens (tertiary/aromatic N) is 2. The van der Waals surface area contributed by atoms with Crippen molar-refractivity contribution in [1.29, 1.82) is 0 Å². The smallest absolute Gasteiger partial charge is 0.0634 e. The minimum absolute atomic E-state index is 0.134. The number of hydrogen-bond acceptors (Lipinski definition) is 3. The predicted octanol–water partition coefficient (Wildman–Crippen LogP) is 2.93. The van der Waals surface area contributed by atoms with E-state index in [0.29, 0.717) is 6.54 Å². The van der Waals surface area contributed by atoms with Gasteiger partial charge in [-0.3, -0.25) is 9.88 Å². The van der Waals surface area contributed by atoms with Crippen molar-refractivity contribution >= 4 is 11.6 Å². The zero-order valence-corrected chi connectivity index (χ0v) is 12.4. The Kier molecular flexibility index (Phi) is 6.06. The highest BCUT2D eigenvalue weighted by Gasteiger charge is 2.20. The van der Waals surface area contributed by atoms with Crippen LogP contribution in [0.1, 0.15) is 32.8 Å². The molecule has 1 heterocycles. The molecule has 0 radical (unpaired) electrons. The molecular weight excluding hydrogens is 246 g/mol. The monoisotopic (exact) mass is 269 g/mol. The van der Waals surface area contributed by atoms with Gasteiger partial charge in [-0.15, -0.1) is 0 Å². The summed E-state index contributed by atoms with van der Waals surface area (Å²) in [7, 11) is 0. The van der Waals surface area contributed by atoms with E-state index in [9.17, 15) is 0 Å². The first-order valence-electron chi connectivity index (χ1n) is 6.49. The van der Waals surface area contributed by atoms with Gasteiger partial charge in [0.2, 0.25) is 0 Å². The second-order valence-corrected chi connectivity index (χ2v) is 5.95. The third-order valence-electron chi connectivity index (χ3n) is 2.99. The van der Waals surface area contributed by atoms with Gasteiger partial charge < -0.3 is 5.73 Å². The van der Waals surface area contributed by atoms with Gasteiger partial charge in [-0.1, -0.05) is 32.4 Å². The fourth-order valence-corrected chi connectivity index (χ4v) is 2.15. The van der Waals surface area contributed by atoms with Crippen LogP contribution in [0.25, 0.3) is 0 Å². The molecule has 18 heavy (non-hydrogen) atoms. The minimum Gasteiger partial charge on any atom is -0.330 e. The second-order valence-electron chi connectivity index (χ2n) is 5.55. The average molecular weight is 270 g/mol. The predicted molar refractivity (Wildman–Crippen MR) is 77.7 cm³/mol. The van der Waals surface area contributed by atoms with Crippen LogP contribution in [-0.2, 0) is 6.54 Å². The highest BCUT2D eigenvalue weighted by atomic mass is 35.5. The summed E-state index contributed by atoms with van der Waals surface area (Å²) in [5.41, 5.74) is 7.08. The Hall–Kier alpha value is -0.640. The van der Waals surface area contributed by atoms with Gasteiger partial charge >= 0.3 is 0 Å². The van der Waals surface area contributed by atoms with Crippen LogP contribution in [0, 0.1) is 5.41 Å². The van der Waals surface area contributed by atoms with E-state index >= 15 is 0 Å². The normalized spacial score (nSPS) is 12.1. The molecule has 0 spiro atoms. The van der Waals surface area contributed by atoms with E-state index in [1.165, 1.54) is 0 Å². The van der Waals surface area contributed by atoms with Gasteiger partial charge in [-0.25, -0.2) is 0 Å². The van der Waals surface area contributed by atoms with Crippen LogP contribution in [-0.4, -0.2) is 29.5 Å². The van der Waals surface area contributed by atoms with Crippen molar-refractivity contribution in [2.45, 2.75) is 33.7 Å². The minimum atomic E-state index is 0.134. The first-order chi connectivity index (χ1) is 8.48. The van der Waals surface area contributed by atoms with Gasteiger partial charge in [0.05, 0.1) is 5.02 Å². The first kappa shape index (κ1) is 15.4. The Balaban J connectivity index is 2.72. The van der Waals surface area contributed by atoms with E-state index in [-0.39, 0.29) is 5.41 Å². The van der Waals surface area contributed by atoms with E-state index in [2.05, 4.69) is 30.7 Å². The number of rotatable bonds is 7. The molecule has 3 nitrogen and oxygen atoms in total. The Morgan fingerprint density at radius 3 is 2.72 bits per heavy atom. The summed E-state index contributed by atoms with van der Waals surface area (Å²) in [6.07, 6.45) is 4.62. The average Bonchev–Trinajstić information content (AvgIpc) is 2.32. The van der Waals surface area contributed by atoms with E-state index < -0.39 is 0 Å². The third kappa shape index (κ3) is 4.92. The van der Waals surface area contributed by atoms with E-state index in [4.69, 9.17) is 17.3 Å². The summed E-state index contributed by atoms with van der Waals surface area (Å²) in [6.45, 7) is 10.2. The second kappa shape index (κ2) is 7.07. The van der Waals surface area contributed by atoms with Crippen molar-refractivity contribution in [1.82, 2.24) is 9.88 Å². The summed E-state index contributed by atoms with van der Waals surface area (Å²) in [4.78, 5) is 6.43. The summed E-state index contributed by atoms with van der Waals surface area (Å²) >= 11 is 6.16. The molecule has 0 atom stereocenters. The molecule has 0 aromatic carbocycles. The van der Waals surface area contributed by atoms with Crippen molar-refractivity contribution in [3.8, 4) is 0 Å². The molecule has 0 aliphatic carbocycles. The lowest BCUT2D eigenvalue weighted by Gasteiger charge is -2.31. The number of pyridine rings is 1. The number of hydrogen-bond donors (Lipinski definition) is 1. The SMILES string of the molecule is CCCN(Cc1ccncc1Cl)CC(C)(C)CN. The lowest BCUT2D eigenvalue weighted by atomic mass is 9.93. The van der Waals surface area contributed by atoms with Crippen molar-refractivity contribution in [2.75, 3.05) is 19.6 Å². The van der Waals surface area contributed by atoms with E-state index in [1.807, 2.05) is 6.07 Å². The Morgan fingerprint density at radius 1 is 1.44 bits per heavy atom. The summed E-state index contributed by atoms with van der Waals surface area (Å²) in [5, 5.41) is 0.740. The van der Waals surface area contributed by atoms with Crippen LogP contribution in [0.5, 0.6) is 0 Å². The lowest BCUT2D eigenvalue weighted by Crippen LogP contribution is -2.38. The van der Waals surface area contributed by atoms with Crippen molar-refractivity contribution in [2.24, 2.45) is 11.1 Å². The molecule has 102 valence electrons. The molecule has 0 aliphatic rings. The van der Waals surface area contributed by atoms with Gasteiger partial charge in [0.25, 0.3) is 0 Å². The van der Waals surface area contributed by atoms with E-state index in [0.717, 1.165) is 36.6 Å². The molecule has 0 aliphatic heterocycles. The van der Waals surface area contributed by atoms with Crippen LogP contribution >= 0.6 is 11.6 Å². The Bertz CT molecular complexity index is 366. The number of halogens is 1. The molecule has 0 saturated heterocycles. The lowest BCUT2D eigenvalue weighted by molar-refractivity contribution is 0.176. The van der Waals surface area contributed by atoms with Crippen LogP contribution in [0.15, 0.2) is 18.5 Å². The maximum Gasteiger partial charge on any atom is 0.0634 e. The number of aromatic nitrogens is 1. The quantitative estimate of drug-likeness (QED) is 0.828. The van der Waals surface area contributed by atoms with Gasteiger partial charge in [0.1, 0.15) is 0 Å². The maximum absolute atomic E-state index is 6.16. The molecule has 1 aromatic heterocycles. The fraction of sp³-hybridized carbons (Fsp3) is 0.643. The highest BCUT2D eigenvalue weighted by Crippen LogP contribution is 2.20. The summed E-state index contributed by atoms with van der Waals surface area (Å²) in [5.74, 6) is 0. The molecule has 0 amide bonds. The van der Waals surface area contributed by atoms with Crippen LogP contribution in [0.4, 0.5) is 0 Å². The third-order valence-corrected chi connectivity index (χ3v) is 3.33. The first-order valence-corrected chi connectivity index (χ1v) is 6.87. The maximum atomic E-state index is 6.16. The molecule has 1 rings (SSSR count). The topological polar surface area (TPSA) is 42.2 Å². The molecular formula is C14H24ClN3. The Labute approximate surface area is 115 Å². The van der Waals surface area contributed by atoms with Crippen molar-refractivity contribution < 1.29 is 0 Å². The molecule has 0 fully saturated rings. The highest BCUT2D eigenvalue weighted by molar-refractivity contribution is 6.31. The molecule has 0 saturated carbocycles. The molecule has 2 N–H and O–H groups in total. The Morgan fingerprint density at radius 2 is 2.17 bits per heavy atom. The fourth-order valence-electron chi connectivity index (χ4n) is 1.97. The zero-order chi connectivity index (χ0) is 13.6. The largest absolute Gasteiger partial charge is 0.330 e. The molecule has 0 bridgehead atoms. The molecule has 0 unspecified atom stereocenters. The van der Waals surface area contributed by atoms with Crippen molar-refractivity contribution in [3.05, 3.63) is 29.0 Å². The van der Waals surface area contributed by atoms with Crippen molar-refractivity contribution in [3.63, 3.8) is 0 Å². The van der Waals surface area contributed by atoms with Gasteiger partial charge in [0.15, 0.2) is 0 Å². The number of nitrogens with two attached hydrogens (primary N) is 1. The molecule has 4 heteroatoms. The summed E-state index contributed by atoms with van der Waals surface area (Å²) < 4.78 is 0. The summed E-state index contributed by atoms with van der Waals surface area (Å²) in [6, 6.07) is 1.99. The van der Waals surface area contributed by atoms with Gasteiger partial charge in [-0.05, 0) is 36.6 Å². The molecule has 1 aromatic rings. The van der Waals surface area contributed by atoms with Crippen LogP contribution in [0.2, 0.25) is 5.02 Å². The van der Waals surface area contributed by atoms with Crippen LogP contribution < -0.4 is 5.73 Å². The van der Waals surface area contributed by atoms with Crippen LogP contribution in [0.3, 0.4) is 0 Å².